The fourth-order valence-electron chi connectivity index (χ4n) is 1.86. The van der Waals surface area contributed by atoms with Crippen molar-refractivity contribution in [3.8, 4) is 0 Å². The number of urea groups is 1. The molecule has 0 aliphatic carbocycles. The number of aromatic amines is 1. The molecule has 3 N–H and O–H groups in total. The van der Waals surface area contributed by atoms with Crippen LogP contribution in [0.2, 0.25) is 0 Å². The van der Waals surface area contributed by atoms with Crippen molar-refractivity contribution >= 4 is 23.6 Å². The molecule has 8 nitrogen and oxygen atoms in total. The summed E-state index contributed by atoms with van der Waals surface area (Å²) in [5.74, 6) is 1.44. The number of nitrogens with zero attached hydrogens (tertiary/aromatic N) is 4. The van der Waals surface area contributed by atoms with E-state index < -0.39 is 0 Å². The van der Waals surface area contributed by atoms with Gasteiger partial charge in [0.15, 0.2) is 0 Å². The number of carbonyl (C=O) groups excluding carboxylic acids is 1. The van der Waals surface area contributed by atoms with E-state index in [1.165, 1.54) is 11.8 Å². The molecule has 0 aliphatic heterocycles. The average molecular weight is 323 g/mol. The maximum atomic E-state index is 11.9. The molecule has 2 amide bonds. The Balaban J connectivity index is 1.79. The lowest BCUT2D eigenvalue weighted by molar-refractivity contribution is 0.252. The summed E-state index contributed by atoms with van der Waals surface area (Å²) in [6, 6.07) is 1.88. The van der Waals surface area contributed by atoms with Crippen LogP contribution < -0.4 is 10.6 Å². The molecule has 0 aromatic carbocycles. The summed E-state index contributed by atoms with van der Waals surface area (Å²) in [4.78, 5) is 11.9. The van der Waals surface area contributed by atoms with Gasteiger partial charge in [0.1, 0.15) is 10.8 Å². The summed E-state index contributed by atoms with van der Waals surface area (Å²) in [6.45, 7) is 6.62. The molecule has 2 rings (SSSR count). The van der Waals surface area contributed by atoms with Gasteiger partial charge in [0.25, 0.3) is 0 Å². The van der Waals surface area contributed by atoms with Crippen molar-refractivity contribution in [3.63, 3.8) is 0 Å². The number of aryl methyl sites for hydroxylation is 1. The smallest absolute Gasteiger partial charge is 0.320 e. The molecule has 2 aromatic heterocycles. The number of carbonyl (C=O) groups is 1. The fourth-order valence-corrected chi connectivity index (χ4v) is 2.51. The van der Waals surface area contributed by atoms with E-state index in [1.807, 2.05) is 17.7 Å². The van der Waals surface area contributed by atoms with Crippen LogP contribution in [0, 0.1) is 6.92 Å². The molecule has 2 heterocycles. The lowest BCUT2D eigenvalue weighted by Crippen LogP contribution is -2.31. The molecular formula is C13H21N7OS. The molecule has 0 fully saturated rings. The van der Waals surface area contributed by atoms with Crippen LogP contribution >= 0.6 is 11.8 Å². The molecule has 0 radical (unpaired) electrons. The number of hydrogen-bond acceptors (Lipinski definition) is 5. The minimum absolute atomic E-state index is 0.231. The highest BCUT2D eigenvalue weighted by Crippen LogP contribution is 2.18. The van der Waals surface area contributed by atoms with Gasteiger partial charge < -0.3 is 5.32 Å². The number of amides is 2. The number of nitrogens with one attached hydrogen (secondary N) is 3. The Morgan fingerprint density at radius 1 is 1.55 bits per heavy atom. The Hall–Kier alpha value is -2.03. The number of H-pyrrole nitrogens is 1. The van der Waals surface area contributed by atoms with Crippen molar-refractivity contribution in [1.82, 2.24) is 30.5 Å². The standard InChI is InChI=1S/C13H21N7OS/c1-4-10(3)20-11(7-9(2)18-20)16-13(21)14-5-6-22-12-8-15-19-17-12/h7-8,10H,4-6H2,1-3H3,(H2,14,16,21)(H,15,17,19). The van der Waals surface area contributed by atoms with Gasteiger partial charge in [-0.1, -0.05) is 6.92 Å². The van der Waals surface area contributed by atoms with Gasteiger partial charge in [-0.3, -0.25) is 5.32 Å². The second-order valence-corrected chi connectivity index (χ2v) is 6.03. The van der Waals surface area contributed by atoms with Crippen LogP contribution in [-0.2, 0) is 0 Å². The van der Waals surface area contributed by atoms with Gasteiger partial charge in [-0.2, -0.15) is 15.4 Å². The average Bonchev–Trinajstić information content (AvgIpc) is 3.12. The van der Waals surface area contributed by atoms with Gasteiger partial charge in [0, 0.05) is 18.4 Å². The van der Waals surface area contributed by atoms with Gasteiger partial charge in [0.2, 0.25) is 0 Å². The molecule has 22 heavy (non-hydrogen) atoms. The fraction of sp³-hybridized carbons (Fsp3) is 0.538. The van der Waals surface area contributed by atoms with Crippen molar-refractivity contribution in [2.75, 3.05) is 17.6 Å². The highest BCUT2D eigenvalue weighted by atomic mass is 32.2. The largest absolute Gasteiger partial charge is 0.337 e. The van der Waals surface area contributed by atoms with E-state index in [0.29, 0.717) is 12.4 Å². The molecule has 0 saturated heterocycles. The summed E-state index contributed by atoms with van der Waals surface area (Å²) in [6.07, 6.45) is 2.60. The molecule has 0 bridgehead atoms. The van der Waals surface area contributed by atoms with Gasteiger partial charge in [0.05, 0.1) is 17.9 Å². The van der Waals surface area contributed by atoms with E-state index >= 15 is 0 Å². The summed E-state index contributed by atoms with van der Waals surface area (Å²) < 4.78 is 1.85. The highest BCUT2D eigenvalue weighted by Gasteiger charge is 2.12. The third-order valence-corrected chi connectivity index (χ3v) is 4.04. The predicted octanol–water partition coefficient (Wildman–Crippen LogP) is 2.19. The molecule has 1 unspecified atom stereocenters. The van der Waals surface area contributed by atoms with Crippen molar-refractivity contribution in [1.29, 1.82) is 0 Å². The molecule has 9 heteroatoms. The third-order valence-electron chi connectivity index (χ3n) is 3.14. The van der Waals surface area contributed by atoms with Crippen LogP contribution in [0.25, 0.3) is 0 Å². The Bertz CT molecular complexity index is 596. The van der Waals surface area contributed by atoms with E-state index in [1.54, 1.807) is 6.20 Å². The lowest BCUT2D eigenvalue weighted by Gasteiger charge is -2.14. The van der Waals surface area contributed by atoms with Crippen LogP contribution in [-0.4, -0.2) is 43.5 Å². The maximum Gasteiger partial charge on any atom is 0.320 e. The van der Waals surface area contributed by atoms with Gasteiger partial charge >= 0.3 is 6.03 Å². The SMILES string of the molecule is CCC(C)n1nc(C)cc1NC(=O)NCCSc1cn[nH]n1. The molecule has 0 aliphatic rings. The van der Waals surface area contributed by atoms with Crippen molar-refractivity contribution in [2.24, 2.45) is 0 Å². The third kappa shape index (κ3) is 4.48. The zero-order valence-electron chi connectivity index (χ0n) is 13.0. The van der Waals surface area contributed by atoms with Gasteiger partial charge in [-0.05, 0) is 20.3 Å². The first-order valence-corrected chi connectivity index (χ1v) is 8.18. The van der Waals surface area contributed by atoms with E-state index in [9.17, 15) is 4.79 Å². The van der Waals surface area contributed by atoms with Gasteiger partial charge in [-0.15, -0.1) is 16.9 Å². The molecule has 0 spiro atoms. The van der Waals surface area contributed by atoms with Crippen LogP contribution in [0.3, 0.4) is 0 Å². The maximum absolute atomic E-state index is 11.9. The number of hydrogen-bond donors (Lipinski definition) is 3. The molecule has 2 aromatic rings. The van der Waals surface area contributed by atoms with Crippen LogP contribution in [0.4, 0.5) is 10.6 Å². The number of aromatic nitrogens is 5. The summed E-state index contributed by atoms with van der Waals surface area (Å²) in [7, 11) is 0. The van der Waals surface area contributed by atoms with Crippen LogP contribution in [0.15, 0.2) is 17.3 Å². The number of rotatable bonds is 7. The Labute approximate surface area is 133 Å². The highest BCUT2D eigenvalue weighted by molar-refractivity contribution is 7.99. The second kappa shape index (κ2) is 7.83. The van der Waals surface area contributed by atoms with E-state index in [2.05, 4.69) is 45.0 Å². The Kier molecular flexibility index (Phi) is 5.82. The van der Waals surface area contributed by atoms with Crippen molar-refractivity contribution < 1.29 is 4.79 Å². The number of anilines is 1. The lowest BCUT2D eigenvalue weighted by atomic mass is 10.3. The monoisotopic (exact) mass is 323 g/mol. The first-order chi connectivity index (χ1) is 10.6. The van der Waals surface area contributed by atoms with E-state index in [-0.39, 0.29) is 12.1 Å². The topological polar surface area (TPSA) is 101 Å². The van der Waals surface area contributed by atoms with E-state index in [4.69, 9.17) is 0 Å². The minimum Gasteiger partial charge on any atom is -0.337 e. The second-order valence-electron chi connectivity index (χ2n) is 4.91. The first-order valence-electron chi connectivity index (χ1n) is 7.19. The van der Waals surface area contributed by atoms with Gasteiger partial charge in [-0.25, -0.2) is 9.48 Å². The summed E-state index contributed by atoms with van der Waals surface area (Å²) in [5.41, 5.74) is 0.886. The Morgan fingerprint density at radius 2 is 2.36 bits per heavy atom. The normalized spacial score (nSPS) is 12.1. The van der Waals surface area contributed by atoms with Crippen molar-refractivity contribution in [3.05, 3.63) is 18.0 Å². The molecule has 120 valence electrons. The Morgan fingerprint density at radius 3 is 3.05 bits per heavy atom. The summed E-state index contributed by atoms with van der Waals surface area (Å²) >= 11 is 1.53. The molecule has 1 atom stereocenters. The zero-order chi connectivity index (χ0) is 15.9. The quantitative estimate of drug-likeness (QED) is 0.536. The van der Waals surface area contributed by atoms with Crippen LogP contribution in [0.5, 0.6) is 0 Å². The first kappa shape index (κ1) is 16.3. The predicted molar refractivity (Wildman–Crippen MR) is 86.1 cm³/mol. The summed E-state index contributed by atoms with van der Waals surface area (Å²) in [5, 5.41) is 21.1. The van der Waals surface area contributed by atoms with E-state index in [0.717, 1.165) is 22.9 Å². The molecular weight excluding hydrogens is 302 g/mol. The van der Waals surface area contributed by atoms with Crippen LogP contribution in [0.1, 0.15) is 32.0 Å². The minimum atomic E-state index is -0.231. The zero-order valence-corrected chi connectivity index (χ0v) is 13.8. The van der Waals surface area contributed by atoms with Crippen molar-refractivity contribution in [2.45, 2.75) is 38.3 Å². The number of thioether (sulfide) groups is 1. The molecule has 0 saturated carbocycles.